The highest BCUT2D eigenvalue weighted by atomic mass is 32.2. The predicted octanol–water partition coefficient (Wildman–Crippen LogP) is 4.24. The fourth-order valence-electron chi connectivity index (χ4n) is 3.38. The van der Waals surface area contributed by atoms with Crippen LogP contribution in [0.4, 0.5) is 0 Å². The zero-order valence-corrected chi connectivity index (χ0v) is 17.3. The summed E-state index contributed by atoms with van der Waals surface area (Å²) in [6, 6.07) is 24.0. The van der Waals surface area contributed by atoms with Gasteiger partial charge in [-0.2, -0.15) is 5.26 Å². The second kappa shape index (κ2) is 9.57. The average molecular weight is 416 g/mol. The molecule has 0 atom stereocenters. The summed E-state index contributed by atoms with van der Waals surface area (Å²) < 4.78 is 5.33. The van der Waals surface area contributed by atoms with E-state index in [1.807, 2.05) is 71.6 Å². The molecule has 150 valence electrons. The number of nitriles is 1. The minimum absolute atomic E-state index is 0.0540. The number of hydrogen-bond donors (Lipinski definition) is 0. The van der Waals surface area contributed by atoms with E-state index in [9.17, 15) is 10.1 Å². The maximum absolute atomic E-state index is 12.7. The number of ether oxygens (including phenoxy) is 1. The molecule has 3 aromatic rings. The Labute approximate surface area is 180 Å². The van der Waals surface area contributed by atoms with E-state index in [4.69, 9.17) is 4.74 Å². The Hall–Kier alpha value is -3.14. The minimum Gasteiger partial charge on any atom is -0.378 e. The highest BCUT2D eigenvalue weighted by Crippen LogP contribution is 2.36. The highest BCUT2D eigenvalue weighted by Gasteiger charge is 2.20. The molecule has 1 aliphatic rings. The van der Waals surface area contributed by atoms with Crippen LogP contribution in [0.1, 0.15) is 5.69 Å². The van der Waals surface area contributed by atoms with E-state index in [0.717, 1.165) is 27.3 Å². The third-order valence-corrected chi connectivity index (χ3v) is 6.03. The zero-order chi connectivity index (χ0) is 20.8. The maximum Gasteiger partial charge on any atom is 0.233 e. The second-order valence-electron chi connectivity index (χ2n) is 6.86. The molecule has 1 saturated heterocycles. The van der Waals surface area contributed by atoms with Crippen molar-refractivity contribution in [3.05, 3.63) is 72.4 Å². The summed E-state index contributed by atoms with van der Waals surface area (Å²) in [5.74, 6) is 0.319. The van der Waals surface area contributed by atoms with Gasteiger partial charge in [-0.05, 0) is 11.6 Å². The van der Waals surface area contributed by atoms with Crippen molar-refractivity contribution >= 4 is 17.7 Å². The number of hydrogen-bond acceptors (Lipinski definition) is 5. The molecule has 5 nitrogen and oxygen atoms in total. The van der Waals surface area contributed by atoms with E-state index < -0.39 is 0 Å². The Morgan fingerprint density at radius 2 is 1.67 bits per heavy atom. The molecule has 2 aromatic carbocycles. The summed E-state index contributed by atoms with van der Waals surface area (Å²) in [5, 5.41) is 9.84. The van der Waals surface area contributed by atoms with Gasteiger partial charge in [-0.15, -0.1) is 11.8 Å². The van der Waals surface area contributed by atoms with Crippen LogP contribution in [-0.2, 0) is 9.53 Å². The van der Waals surface area contributed by atoms with Crippen LogP contribution in [0.5, 0.6) is 0 Å². The van der Waals surface area contributed by atoms with Gasteiger partial charge in [-0.1, -0.05) is 60.7 Å². The number of nitrogens with zero attached hydrogens (tertiary/aromatic N) is 3. The number of morpholine rings is 1. The Kier molecular flexibility index (Phi) is 6.43. The van der Waals surface area contributed by atoms with Crippen molar-refractivity contribution in [1.29, 1.82) is 5.26 Å². The van der Waals surface area contributed by atoms with Gasteiger partial charge in [0.25, 0.3) is 0 Å². The van der Waals surface area contributed by atoms with E-state index in [2.05, 4.69) is 11.1 Å². The Morgan fingerprint density at radius 1 is 1.03 bits per heavy atom. The molecule has 0 radical (unpaired) electrons. The molecule has 30 heavy (non-hydrogen) atoms. The van der Waals surface area contributed by atoms with Crippen LogP contribution in [0, 0.1) is 11.3 Å². The Bertz CT molecular complexity index is 1060. The molecule has 0 spiro atoms. The van der Waals surface area contributed by atoms with Crippen molar-refractivity contribution < 1.29 is 9.53 Å². The topological polar surface area (TPSA) is 66.2 Å². The van der Waals surface area contributed by atoms with Gasteiger partial charge in [0.05, 0.1) is 29.6 Å². The Morgan fingerprint density at radius 3 is 2.30 bits per heavy atom. The van der Waals surface area contributed by atoms with Crippen LogP contribution >= 0.6 is 11.8 Å². The lowest BCUT2D eigenvalue weighted by molar-refractivity contribution is -0.132. The van der Waals surface area contributed by atoms with Crippen LogP contribution in [0.3, 0.4) is 0 Å². The van der Waals surface area contributed by atoms with Crippen molar-refractivity contribution in [3.8, 4) is 28.5 Å². The first-order valence-electron chi connectivity index (χ1n) is 9.80. The van der Waals surface area contributed by atoms with Gasteiger partial charge in [0.1, 0.15) is 6.07 Å². The molecule has 1 aliphatic heterocycles. The van der Waals surface area contributed by atoms with Crippen molar-refractivity contribution in [3.63, 3.8) is 0 Å². The number of pyridine rings is 1. The van der Waals surface area contributed by atoms with Crippen LogP contribution in [0.25, 0.3) is 22.4 Å². The summed E-state index contributed by atoms with van der Waals surface area (Å²) in [5.41, 5.74) is 3.95. The van der Waals surface area contributed by atoms with Crippen molar-refractivity contribution in [2.45, 2.75) is 4.90 Å². The van der Waals surface area contributed by atoms with Crippen LogP contribution in [0.2, 0.25) is 0 Å². The molecule has 1 aromatic heterocycles. The quantitative estimate of drug-likeness (QED) is 0.583. The molecular weight excluding hydrogens is 394 g/mol. The average Bonchev–Trinajstić information content (AvgIpc) is 2.83. The normalized spacial score (nSPS) is 13.6. The van der Waals surface area contributed by atoms with Gasteiger partial charge < -0.3 is 9.64 Å². The van der Waals surface area contributed by atoms with Gasteiger partial charge in [-0.3, -0.25) is 4.79 Å². The molecule has 4 rings (SSSR count). The number of carbonyl (C=O) groups is 1. The smallest absolute Gasteiger partial charge is 0.233 e. The summed E-state index contributed by atoms with van der Waals surface area (Å²) in [4.78, 5) is 19.8. The van der Waals surface area contributed by atoms with Gasteiger partial charge >= 0.3 is 0 Å². The third-order valence-electron chi connectivity index (χ3n) is 4.94. The summed E-state index contributed by atoms with van der Waals surface area (Å²) >= 11 is 1.38. The third kappa shape index (κ3) is 4.54. The van der Waals surface area contributed by atoms with Crippen molar-refractivity contribution in [1.82, 2.24) is 9.88 Å². The van der Waals surface area contributed by atoms with E-state index >= 15 is 0 Å². The SMILES string of the molecule is N#Cc1nc(-c2ccccc2)cc(-c2ccccc2)c1SCC(=O)N1CCOCC1. The lowest BCUT2D eigenvalue weighted by atomic mass is 10.0. The van der Waals surface area contributed by atoms with E-state index in [-0.39, 0.29) is 11.7 Å². The molecule has 1 amide bonds. The first-order valence-corrected chi connectivity index (χ1v) is 10.8. The number of aromatic nitrogens is 1. The van der Waals surface area contributed by atoms with Gasteiger partial charge in [0, 0.05) is 24.2 Å². The standard InChI is InChI=1S/C24H21N3O2S/c25-16-22-24(30-17-23(28)27-11-13-29-14-12-27)20(18-7-3-1-4-8-18)15-21(26-22)19-9-5-2-6-10-19/h1-10,15H,11-14,17H2. The number of thioether (sulfide) groups is 1. The summed E-state index contributed by atoms with van der Waals surface area (Å²) in [6.07, 6.45) is 0. The molecule has 0 aliphatic carbocycles. The largest absolute Gasteiger partial charge is 0.378 e. The lowest BCUT2D eigenvalue weighted by Crippen LogP contribution is -2.41. The van der Waals surface area contributed by atoms with E-state index in [1.54, 1.807) is 0 Å². The van der Waals surface area contributed by atoms with Crippen molar-refractivity contribution in [2.75, 3.05) is 32.1 Å². The van der Waals surface area contributed by atoms with Gasteiger partial charge in [0.15, 0.2) is 5.69 Å². The maximum atomic E-state index is 12.7. The lowest BCUT2D eigenvalue weighted by Gasteiger charge is -2.26. The number of amides is 1. The second-order valence-corrected chi connectivity index (χ2v) is 7.84. The number of rotatable bonds is 5. The van der Waals surface area contributed by atoms with Crippen LogP contribution in [-0.4, -0.2) is 47.8 Å². The fraction of sp³-hybridized carbons (Fsp3) is 0.208. The first-order chi connectivity index (χ1) is 14.8. The van der Waals surface area contributed by atoms with E-state index in [0.29, 0.717) is 32.0 Å². The molecule has 0 saturated carbocycles. The van der Waals surface area contributed by atoms with Crippen molar-refractivity contribution in [2.24, 2.45) is 0 Å². The van der Waals surface area contributed by atoms with E-state index in [1.165, 1.54) is 11.8 Å². The zero-order valence-electron chi connectivity index (χ0n) is 16.5. The Balaban J connectivity index is 1.71. The summed E-state index contributed by atoms with van der Waals surface area (Å²) in [7, 11) is 0. The van der Waals surface area contributed by atoms with Gasteiger partial charge in [0.2, 0.25) is 5.91 Å². The number of carbonyl (C=O) groups excluding carboxylic acids is 1. The minimum atomic E-state index is 0.0540. The highest BCUT2D eigenvalue weighted by molar-refractivity contribution is 8.00. The molecule has 0 bridgehead atoms. The molecule has 6 heteroatoms. The molecule has 0 N–H and O–H groups in total. The fourth-order valence-corrected chi connectivity index (χ4v) is 4.39. The predicted molar refractivity (Wildman–Crippen MR) is 118 cm³/mol. The first kappa shape index (κ1) is 20.1. The monoisotopic (exact) mass is 415 g/mol. The molecule has 0 unspecified atom stereocenters. The van der Waals surface area contributed by atoms with Crippen LogP contribution in [0.15, 0.2) is 71.6 Å². The number of benzene rings is 2. The molecule has 2 heterocycles. The van der Waals surface area contributed by atoms with Gasteiger partial charge in [-0.25, -0.2) is 4.98 Å². The summed E-state index contributed by atoms with van der Waals surface area (Å²) in [6.45, 7) is 2.37. The van der Waals surface area contributed by atoms with Crippen LogP contribution < -0.4 is 0 Å². The molecular formula is C24H21N3O2S. The molecule has 1 fully saturated rings.